The summed E-state index contributed by atoms with van der Waals surface area (Å²) in [6, 6.07) is 17.4. The second kappa shape index (κ2) is 7.86. The summed E-state index contributed by atoms with van der Waals surface area (Å²) in [5.41, 5.74) is 3.25. The first kappa shape index (κ1) is 18.3. The molecule has 142 valence electrons. The summed E-state index contributed by atoms with van der Waals surface area (Å²) >= 11 is 0. The number of hydrogen-bond acceptors (Lipinski definition) is 3. The molecule has 2 aromatic carbocycles. The monoisotopic (exact) mass is 391 g/mol. The fraction of sp³-hybridized carbons (Fsp3) is 0.136. The Morgan fingerprint density at radius 1 is 1.07 bits per heavy atom. The van der Waals surface area contributed by atoms with Crippen LogP contribution >= 0.6 is 10.9 Å². The summed E-state index contributed by atoms with van der Waals surface area (Å²) in [5, 5.41) is 6.90. The molecule has 2 aromatic rings. The fourth-order valence-electron chi connectivity index (χ4n) is 3.28. The van der Waals surface area contributed by atoms with Crippen molar-refractivity contribution in [3.05, 3.63) is 88.7 Å². The molecule has 0 aliphatic carbocycles. The number of amides is 2. The van der Waals surface area contributed by atoms with Gasteiger partial charge in [0, 0.05) is 18.2 Å². The van der Waals surface area contributed by atoms with Crippen LogP contribution < -0.4 is 10.2 Å². The Kier molecular flexibility index (Phi) is 5.12. The lowest BCUT2D eigenvalue weighted by atomic mass is 10.0. The maximum Gasteiger partial charge on any atom is 0.272 e. The molecule has 0 saturated carbocycles. The highest BCUT2D eigenvalue weighted by Crippen LogP contribution is 2.32. The Balaban J connectivity index is 1.70. The molecular weight excluding hydrogens is 370 g/mol. The topological polar surface area (TPSA) is 61.8 Å². The molecule has 0 saturated heterocycles. The van der Waals surface area contributed by atoms with Gasteiger partial charge in [-0.3, -0.25) is 9.59 Å². The largest absolute Gasteiger partial charge is 0.326 e. The van der Waals surface area contributed by atoms with E-state index in [0.717, 1.165) is 16.8 Å². The normalized spacial score (nSPS) is 19.2. The number of carbonyl (C=O) groups excluding carboxylic acids is 2. The smallest absolute Gasteiger partial charge is 0.272 e. The molecule has 2 heterocycles. The molecule has 0 spiro atoms. The summed E-state index contributed by atoms with van der Waals surface area (Å²) in [6.45, 7) is 0. The number of aliphatic imine (C=N–C) groups is 1. The van der Waals surface area contributed by atoms with Gasteiger partial charge in [-0.15, -0.1) is 0 Å². The van der Waals surface area contributed by atoms with Crippen LogP contribution in [0, 0.1) is 0 Å². The molecule has 6 heteroatoms. The van der Waals surface area contributed by atoms with Crippen molar-refractivity contribution < 1.29 is 9.59 Å². The maximum absolute atomic E-state index is 13.0. The number of likely N-dealkylation sites (N-methyl/N-ethyl adjacent to an activating group) is 1. The number of allylic oxidation sites excluding steroid dienone is 2. The minimum Gasteiger partial charge on any atom is -0.326 e. The molecule has 2 aliphatic heterocycles. The van der Waals surface area contributed by atoms with Crippen molar-refractivity contribution in [1.29, 1.82) is 0 Å². The van der Waals surface area contributed by atoms with Gasteiger partial charge in [0.1, 0.15) is 0 Å². The minimum atomic E-state index is -0.953. The van der Waals surface area contributed by atoms with E-state index in [0.29, 0.717) is 11.5 Å². The van der Waals surface area contributed by atoms with Gasteiger partial charge in [-0.25, -0.2) is 15.9 Å². The molecule has 0 fully saturated rings. The molecule has 0 unspecified atom stereocenters. The molecule has 0 bridgehead atoms. The number of nitrogens with zero attached hydrogens (tertiary/aromatic N) is 2. The Hall–Kier alpha value is -3.12. The molecule has 2 amide bonds. The van der Waals surface area contributed by atoms with Gasteiger partial charge >= 0.3 is 0 Å². The number of hydrogen-bond donors (Lipinski definition) is 2. The van der Waals surface area contributed by atoms with E-state index in [4.69, 9.17) is 4.99 Å². The molecule has 1 atom stereocenters. The van der Waals surface area contributed by atoms with E-state index in [1.807, 2.05) is 77.6 Å². The second-order valence-electron chi connectivity index (χ2n) is 6.58. The first-order chi connectivity index (χ1) is 13.6. The highest BCUT2D eigenvalue weighted by molar-refractivity contribution is 8.22. The number of fused-ring (bicyclic) bond motifs is 1. The second-order valence-corrected chi connectivity index (χ2v) is 8.52. The van der Waals surface area contributed by atoms with Crippen molar-refractivity contribution in [1.82, 2.24) is 5.32 Å². The third-order valence-electron chi connectivity index (χ3n) is 4.68. The number of anilines is 1. The molecule has 4 rings (SSSR count). The van der Waals surface area contributed by atoms with E-state index in [9.17, 15) is 9.59 Å². The third-order valence-corrected chi connectivity index (χ3v) is 6.44. The van der Waals surface area contributed by atoms with E-state index in [-0.39, 0.29) is 11.8 Å². The molecular formula is C22H21N3O2S. The number of para-hydroxylation sites is 1. The Morgan fingerprint density at radius 2 is 1.75 bits per heavy atom. The standard InChI is InChI=1S/C22H21N3O2S/c1-25-18-12-6-5-11-17(18)20(16-9-3-2-4-10-16)24-21(22(25)27)23-19(26)15-28-13-7-8-14-28/h2-14,21,28H,15H2,1H3,(H,23,26)/t21-/m1/s1. The van der Waals surface area contributed by atoms with Crippen LogP contribution in [0.25, 0.3) is 0 Å². The molecule has 2 aliphatic rings. The lowest BCUT2D eigenvalue weighted by Gasteiger charge is -2.21. The number of rotatable bonds is 4. The SMILES string of the molecule is CN1C(=O)[C@H](NC(=O)C[SH]2C=CC=C2)N=C(c2ccccc2)c2ccccc21. The van der Waals surface area contributed by atoms with Crippen molar-refractivity contribution in [3.63, 3.8) is 0 Å². The lowest BCUT2D eigenvalue weighted by Crippen LogP contribution is -2.46. The molecule has 5 nitrogen and oxygen atoms in total. The van der Waals surface area contributed by atoms with Crippen LogP contribution in [0.15, 0.2) is 82.6 Å². The average molecular weight is 391 g/mol. The summed E-state index contributed by atoms with van der Waals surface area (Å²) in [5.74, 6) is -0.0629. The van der Waals surface area contributed by atoms with E-state index in [1.165, 1.54) is 0 Å². The molecule has 1 N–H and O–H groups in total. The quantitative estimate of drug-likeness (QED) is 0.787. The van der Waals surface area contributed by atoms with Crippen LogP contribution in [0.4, 0.5) is 5.69 Å². The Morgan fingerprint density at radius 3 is 2.50 bits per heavy atom. The van der Waals surface area contributed by atoms with Gasteiger partial charge in [-0.2, -0.15) is 0 Å². The first-order valence-corrected chi connectivity index (χ1v) is 10.7. The van der Waals surface area contributed by atoms with Gasteiger partial charge < -0.3 is 10.2 Å². The maximum atomic E-state index is 13.0. The van der Waals surface area contributed by atoms with Gasteiger partial charge in [0.25, 0.3) is 5.91 Å². The summed E-state index contributed by atoms with van der Waals surface area (Å²) < 4.78 is 0. The predicted octanol–water partition coefficient (Wildman–Crippen LogP) is 2.98. The number of thiol groups is 1. The van der Waals surface area contributed by atoms with Crippen LogP contribution in [0.1, 0.15) is 11.1 Å². The summed E-state index contributed by atoms with van der Waals surface area (Å²) in [4.78, 5) is 31.9. The number of benzodiazepines with no additional fused rings is 1. The highest BCUT2D eigenvalue weighted by atomic mass is 32.2. The van der Waals surface area contributed by atoms with Crippen molar-refractivity contribution >= 4 is 34.1 Å². The Bertz CT molecular complexity index is 986. The number of benzene rings is 2. The Labute approximate surface area is 166 Å². The zero-order chi connectivity index (χ0) is 19.5. The molecule has 0 aromatic heterocycles. The zero-order valence-corrected chi connectivity index (χ0v) is 16.3. The first-order valence-electron chi connectivity index (χ1n) is 9.04. The van der Waals surface area contributed by atoms with Crippen LogP contribution in [-0.4, -0.2) is 36.5 Å². The highest BCUT2D eigenvalue weighted by Gasteiger charge is 2.30. The number of nitrogens with one attached hydrogen (secondary N) is 1. The van der Waals surface area contributed by atoms with Gasteiger partial charge in [0.2, 0.25) is 12.1 Å². The van der Waals surface area contributed by atoms with Gasteiger partial charge in [0.05, 0.1) is 17.2 Å². The minimum absolute atomic E-state index is 0.170. The molecule has 0 radical (unpaired) electrons. The fourth-order valence-corrected chi connectivity index (χ4v) is 4.66. The van der Waals surface area contributed by atoms with E-state index >= 15 is 0 Å². The van der Waals surface area contributed by atoms with Gasteiger partial charge in [-0.05, 0) is 16.9 Å². The molecule has 28 heavy (non-hydrogen) atoms. The van der Waals surface area contributed by atoms with Crippen molar-refractivity contribution in [2.24, 2.45) is 4.99 Å². The van der Waals surface area contributed by atoms with E-state index in [2.05, 4.69) is 5.32 Å². The number of carbonyl (C=O) groups is 2. The van der Waals surface area contributed by atoms with Gasteiger partial charge in [0.15, 0.2) is 0 Å². The van der Waals surface area contributed by atoms with Gasteiger partial charge in [-0.1, -0.05) is 60.7 Å². The lowest BCUT2D eigenvalue weighted by molar-refractivity contribution is -0.125. The summed E-state index contributed by atoms with van der Waals surface area (Å²) in [6.07, 6.45) is 2.95. The third kappa shape index (κ3) is 3.64. The van der Waals surface area contributed by atoms with Crippen LogP contribution in [0.5, 0.6) is 0 Å². The van der Waals surface area contributed by atoms with E-state index < -0.39 is 17.1 Å². The van der Waals surface area contributed by atoms with E-state index in [1.54, 1.807) is 11.9 Å². The van der Waals surface area contributed by atoms with Crippen molar-refractivity contribution in [2.75, 3.05) is 17.7 Å². The van der Waals surface area contributed by atoms with Crippen LogP contribution in [0.2, 0.25) is 0 Å². The summed E-state index contributed by atoms with van der Waals surface area (Å²) in [7, 11) is 1.13. The van der Waals surface area contributed by atoms with Crippen LogP contribution in [0.3, 0.4) is 0 Å². The predicted molar refractivity (Wildman–Crippen MR) is 116 cm³/mol. The zero-order valence-electron chi connectivity index (χ0n) is 15.4. The average Bonchev–Trinajstić information content (AvgIpc) is 3.20. The van der Waals surface area contributed by atoms with Crippen molar-refractivity contribution in [3.8, 4) is 0 Å². The van der Waals surface area contributed by atoms with Crippen molar-refractivity contribution in [2.45, 2.75) is 6.17 Å². The van der Waals surface area contributed by atoms with Crippen LogP contribution in [-0.2, 0) is 9.59 Å².